The maximum atomic E-state index is 12.5. The van der Waals surface area contributed by atoms with Crippen molar-refractivity contribution in [3.05, 3.63) is 69.7 Å². The number of amides is 1. The zero-order chi connectivity index (χ0) is 36.5. The number of hydrogen-bond acceptors (Lipinski definition) is 8. The lowest BCUT2D eigenvalue weighted by molar-refractivity contribution is -0.0283. The number of carbonyl (C=O) groups is 1. The van der Waals surface area contributed by atoms with Crippen molar-refractivity contribution in [2.75, 3.05) is 78.8 Å². The largest absolute Gasteiger partial charge is 0.444 e. The number of rotatable bonds is 8. The topological polar surface area (TPSA) is 94.9 Å². The van der Waals surface area contributed by atoms with Crippen LogP contribution in [-0.4, -0.2) is 128 Å². The Hall–Kier alpha value is -1.95. The number of halogens is 2. The summed E-state index contributed by atoms with van der Waals surface area (Å²) in [5, 5.41) is 23.9. The van der Waals surface area contributed by atoms with E-state index in [2.05, 4.69) is 21.9 Å². The molecule has 4 aliphatic rings. The van der Waals surface area contributed by atoms with Crippen LogP contribution in [0, 0.1) is 0 Å². The fourth-order valence-electron chi connectivity index (χ4n) is 8.20. The van der Waals surface area contributed by atoms with Crippen molar-refractivity contribution >= 4 is 29.3 Å². The number of aliphatic hydroxyl groups is 2. The second kappa shape index (κ2) is 18.4. The molecule has 3 heterocycles. The summed E-state index contributed by atoms with van der Waals surface area (Å²) in [6.45, 7) is 14.5. The van der Waals surface area contributed by atoms with Gasteiger partial charge < -0.3 is 29.3 Å². The number of piperidine rings is 1. The van der Waals surface area contributed by atoms with E-state index < -0.39 is 17.1 Å². The minimum absolute atomic E-state index is 0.110. The number of benzene rings is 2. The lowest BCUT2D eigenvalue weighted by atomic mass is 9.66. The van der Waals surface area contributed by atoms with Gasteiger partial charge in [-0.15, -0.1) is 0 Å². The van der Waals surface area contributed by atoms with Crippen LogP contribution in [-0.2, 0) is 25.0 Å². The van der Waals surface area contributed by atoms with Crippen LogP contribution in [0.1, 0.15) is 76.8 Å². The highest BCUT2D eigenvalue weighted by molar-refractivity contribution is 6.30. The molecule has 51 heavy (non-hydrogen) atoms. The molecule has 6 rings (SSSR count). The first-order valence-corrected chi connectivity index (χ1v) is 19.6. The molecule has 1 saturated carbocycles. The van der Waals surface area contributed by atoms with Crippen LogP contribution >= 0.6 is 23.2 Å². The van der Waals surface area contributed by atoms with Gasteiger partial charge in [-0.3, -0.25) is 9.80 Å². The summed E-state index contributed by atoms with van der Waals surface area (Å²) in [5.41, 5.74) is 1.28. The first-order valence-electron chi connectivity index (χ1n) is 18.9. The molecule has 9 nitrogen and oxygen atoms in total. The molecule has 1 amide bonds. The molecular weight excluding hydrogens is 689 g/mol. The summed E-state index contributed by atoms with van der Waals surface area (Å²) in [6, 6.07) is 15.9. The van der Waals surface area contributed by atoms with E-state index in [1.165, 1.54) is 24.8 Å². The van der Waals surface area contributed by atoms with Crippen LogP contribution < -0.4 is 0 Å². The van der Waals surface area contributed by atoms with E-state index >= 15 is 0 Å². The summed E-state index contributed by atoms with van der Waals surface area (Å²) >= 11 is 12.1. The van der Waals surface area contributed by atoms with Gasteiger partial charge in [0.2, 0.25) is 0 Å². The molecule has 0 aromatic heterocycles. The molecule has 4 fully saturated rings. The second-order valence-electron chi connectivity index (χ2n) is 15.7. The van der Waals surface area contributed by atoms with E-state index in [4.69, 9.17) is 37.4 Å². The zero-order valence-corrected chi connectivity index (χ0v) is 32.3. The number of β-amino-alcohol motifs (C(OH)–C–C–N with tert-alkyl or cyclic N) is 2. The van der Waals surface area contributed by atoms with Gasteiger partial charge in [-0.25, -0.2) is 4.79 Å². The number of aliphatic hydroxyl groups excluding tert-OH is 2. The summed E-state index contributed by atoms with van der Waals surface area (Å²) in [6.07, 6.45) is 6.02. The molecule has 0 spiro atoms. The van der Waals surface area contributed by atoms with Crippen LogP contribution in [0.25, 0.3) is 0 Å². The molecule has 11 heteroatoms. The van der Waals surface area contributed by atoms with E-state index in [9.17, 15) is 15.0 Å². The van der Waals surface area contributed by atoms with Gasteiger partial charge in [0.25, 0.3) is 0 Å². The predicted molar refractivity (Wildman–Crippen MR) is 203 cm³/mol. The van der Waals surface area contributed by atoms with Crippen LogP contribution in [0.4, 0.5) is 4.79 Å². The number of nitrogens with zero attached hydrogens (tertiary/aromatic N) is 3. The van der Waals surface area contributed by atoms with E-state index in [-0.39, 0.29) is 17.6 Å². The lowest BCUT2D eigenvalue weighted by Crippen LogP contribution is -2.55. The fraction of sp³-hybridized carbons (Fsp3) is 0.675. The van der Waals surface area contributed by atoms with Gasteiger partial charge in [0, 0.05) is 73.2 Å². The maximum Gasteiger partial charge on any atom is 0.410 e. The average molecular weight is 749 g/mol. The van der Waals surface area contributed by atoms with Gasteiger partial charge in [0.15, 0.2) is 0 Å². The molecule has 3 saturated heterocycles. The zero-order valence-electron chi connectivity index (χ0n) is 30.8. The molecule has 1 aliphatic carbocycles. The molecule has 2 N–H and O–H groups in total. The first kappa shape index (κ1) is 40.2. The van der Waals surface area contributed by atoms with Crippen molar-refractivity contribution in [3.63, 3.8) is 0 Å². The van der Waals surface area contributed by atoms with Crippen LogP contribution in [0.3, 0.4) is 0 Å². The van der Waals surface area contributed by atoms with Gasteiger partial charge in [-0.2, -0.15) is 0 Å². The van der Waals surface area contributed by atoms with Crippen molar-refractivity contribution in [1.29, 1.82) is 0 Å². The second-order valence-corrected chi connectivity index (χ2v) is 16.6. The van der Waals surface area contributed by atoms with E-state index in [1.54, 1.807) is 4.90 Å². The molecule has 2 atom stereocenters. The normalized spacial score (nSPS) is 22.7. The van der Waals surface area contributed by atoms with Gasteiger partial charge in [0.05, 0.1) is 38.6 Å². The maximum absolute atomic E-state index is 12.5. The summed E-state index contributed by atoms with van der Waals surface area (Å²) in [5.74, 6) is 0. The minimum Gasteiger partial charge on any atom is -0.444 e. The van der Waals surface area contributed by atoms with Crippen molar-refractivity contribution in [2.45, 2.75) is 94.4 Å². The number of hydrogen-bond donors (Lipinski definition) is 2. The van der Waals surface area contributed by atoms with Crippen molar-refractivity contribution in [2.24, 2.45) is 0 Å². The van der Waals surface area contributed by atoms with Crippen molar-refractivity contribution in [1.82, 2.24) is 14.7 Å². The Morgan fingerprint density at radius 2 is 1.08 bits per heavy atom. The Morgan fingerprint density at radius 3 is 1.47 bits per heavy atom. The molecule has 0 bridgehead atoms. The standard InChI is InChI=1S/C22H33ClN2O4.C18H26ClNO2/c1-21(2,3)29-20(27)25-10-8-22(9-11-25,17-4-6-18(23)7-5-17)19(26)16-24-12-14-28-15-13-24;19-16-6-4-15(5-7-16)18(8-2-1-3-9-18)17(21)14-20-10-12-22-13-11-20/h4-7,19,26H,8-16H2,1-3H3;4-7,17,21H,1-3,8-14H2. The highest BCUT2D eigenvalue weighted by Gasteiger charge is 2.45. The summed E-state index contributed by atoms with van der Waals surface area (Å²) in [7, 11) is 0. The van der Waals surface area contributed by atoms with Crippen LogP contribution in [0.5, 0.6) is 0 Å². The molecule has 2 aromatic carbocycles. The van der Waals surface area contributed by atoms with Gasteiger partial charge in [0.1, 0.15) is 5.60 Å². The van der Waals surface area contributed by atoms with E-state index in [1.807, 2.05) is 57.2 Å². The van der Waals surface area contributed by atoms with Crippen molar-refractivity contribution in [3.8, 4) is 0 Å². The predicted octanol–water partition coefficient (Wildman–Crippen LogP) is 6.54. The quantitative estimate of drug-likeness (QED) is 0.315. The average Bonchev–Trinajstić information content (AvgIpc) is 3.13. The van der Waals surface area contributed by atoms with Gasteiger partial charge in [-0.1, -0.05) is 66.7 Å². The Bertz CT molecular complexity index is 1350. The summed E-state index contributed by atoms with van der Waals surface area (Å²) < 4.78 is 16.4. The Morgan fingerprint density at radius 1 is 0.686 bits per heavy atom. The molecule has 3 aliphatic heterocycles. The monoisotopic (exact) mass is 747 g/mol. The highest BCUT2D eigenvalue weighted by Crippen LogP contribution is 2.43. The Kier molecular flexibility index (Phi) is 14.5. The Labute approximate surface area is 315 Å². The molecule has 2 unspecified atom stereocenters. The van der Waals surface area contributed by atoms with Crippen LogP contribution in [0.15, 0.2) is 48.5 Å². The fourth-order valence-corrected chi connectivity index (χ4v) is 8.45. The highest BCUT2D eigenvalue weighted by atomic mass is 35.5. The number of likely N-dealkylation sites (tertiary alicyclic amines) is 1. The third-order valence-corrected chi connectivity index (χ3v) is 11.7. The number of ether oxygens (including phenoxy) is 3. The molecular formula is C40H59Cl2N3O6. The van der Waals surface area contributed by atoms with Crippen molar-refractivity contribution < 1.29 is 29.2 Å². The van der Waals surface area contributed by atoms with Gasteiger partial charge in [-0.05, 0) is 81.8 Å². The summed E-state index contributed by atoms with van der Waals surface area (Å²) in [4.78, 5) is 18.8. The van der Waals surface area contributed by atoms with E-state index in [0.29, 0.717) is 50.7 Å². The number of carbonyl (C=O) groups excluding carboxylic acids is 1. The molecule has 284 valence electrons. The molecule has 0 radical (unpaired) electrons. The smallest absolute Gasteiger partial charge is 0.410 e. The van der Waals surface area contributed by atoms with Gasteiger partial charge >= 0.3 is 6.09 Å². The minimum atomic E-state index is -0.539. The number of morpholine rings is 2. The molecule has 2 aromatic rings. The first-order chi connectivity index (χ1) is 24.4. The Balaban J connectivity index is 0.000000205. The lowest BCUT2D eigenvalue weighted by Gasteiger charge is -2.46. The third kappa shape index (κ3) is 10.8. The SMILES string of the molecule is CC(C)(C)OC(=O)N1CCC(c2ccc(Cl)cc2)(C(O)CN2CCOCC2)CC1.OC(CN1CCOCC1)C1(c2ccc(Cl)cc2)CCCCC1. The van der Waals surface area contributed by atoms with Crippen LogP contribution in [0.2, 0.25) is 10.0 Å². The van der Waals surface area contributed by atoms with E-state index in [0.717, 1.165) is 69.4 Å². The third-order valence-electron chi connectivity index (χ3n) is 11.2.